The monoisotopic (exact) mass is 304 g/mol. The molecule has 0 aromatic heterocycles. The molecule has 22 heavy (non-hydrogen) atoms. The molecule has 1 heterocycles. The number of rotatable bonds is 5. The Hall–Kier alpha value is -2.04. The highest BCUT2D eigenvalue weighted by atomic mass is 16.4. The van der Waals surface area contributed by atoms with Gasteiger partial charge < -0.3 is 14.9 Å². The van der Waals surface area contributed by atoms with Gasteiger partial charge in [0.1, 0.15) is 0 Å². The molecule has 1 N–H and O–H groups in total. The van der Waals surface area contributed by atoms with Gasteiger partial charge in [-0.05, 0) is 36.6 Å². The highest BCUT2D eigenvalue weighted by Crippen LogP contribution is 2.25. The summed E-state index contributed by atoms with van der Waals surface area (Å²) in [6, 6.07) is 7.53. The predicted octanol–water partition coefficient (Wildman–Crippen LogP) is 2.33. The molecule has 0 spiro atoms. The molecule has 0 unspecified atom stereocenters. The molecule has 120 valence electrons. The minimum absolute atomic E-state index is 0.00332. The summed E-state index contributed by atoms with van der Waals surface area (Å²) in [5, 5.41) is 9.16. The summed E-state index contributed by atoms with van der Waals surface area (Å²) in [6.45, 7) is 5.79. The number of hydrogen-bond donors (Lipinski definition) is 1. The van der Waals surface area contributed by atoms with E-state index in [1.165, 1.54) is 0 Å². The number of carbonyl (C=O) groups excluding carboxylic acids is 1. The molecule has 1 aromatic rings. The van der Waals surface area contributed by atoms with Crippen LogP contribution in [0.1, 0.15) is 30.6 Å². The number of carboxylic acids is 1. The van der Waals surface area contributed by atoms with E-state index in [4.69, 9.17) is 5.11 Å². The molecule has 1 saturated heterocycles. The average Bonchev–Trinajstić information content (AvgIpc) is 2.89. The third-order valence-electron chi connectivity index (χ3n) is 4.33. The Kier molecular flexibility index (Phi) is 5.06. The van der Waals surface area contributed by atoms with Crippen LogP contribution in [0.5, 0.6) is 0 Å². The van der Waals surface area contributed by atoms with Crippen LogP contribution in [0.25, 0.3) is 0 Å². The molecule has 0 bridgehead atoms. The van der Waals surface area contributed by atoms with Gasteiger partial charge in [-0.3, -0.25) is 9.59 Å². The van der Waals surface area contributed by atoms with Crippen molar-refractivity contribution >= 4 is 17.6 Å². The third-order valence-corrected chi connectivity index (χ3v) is 4.33. The number of carboxylic acid groups (broad SMARTS) is 1. The Morgan fingerprint density at radius 3 is 2.41 bits per heavy atom. The summed E-state index contributed by atoms with van der Waals surface area (Å²) in [7, 11) is 2.03. The lowest BCUT2D eigenvalue weighted by Crippen LogP contribution is -2.30. The van der Waals surface area contributed by atoms with Gasteiger partial charge in [-0.15, -0.1) is 0 Å². The lowest BCUT2D eigenvalue weighted by molar-refractivity contribution is -0.142. The Bertz CT molecular complexity index is 541. The Morgan fingerprint density at radius 1 is 1.27 bits per heavy atom. The molecule has 0 aliphatic carbocycles. The second-order valence-electron chi connectivity index (χ2n) is 6.10. The summed E-state index contributed by atoms with van der Waals surface area (Å²) >= 11 is 0. The first kappa shape index (κ1) is 16.3. The van der Waals surface area contributed by atoms with Gasteiger partial charge in [0.2, 0.25) is 0 Å². The van der Waals surface area contributed by atoms with E-state index in [1.807, 2.05) is 38.2 Å². The zero-order valence-corrected chi connectivity index (χ0v) is 13.5. The predicted molar refractivity (Wildman–Crippen MR) is 86.2 cm³/mol. The van der Waals surface area contributed by atoms with E-state index in [0.717, 1.165) is 18.7 Å². The molecule has 1 aliphatic rings. The van der Waals surface area contributed by atoms with Crippen molar-refractivity contribution in [1.29, 1.82) is 0 Å². The van der Waals surface area contributed by atoms with E-state index in [1.54, 1.807) is 4.90 Å². The largest absolute Gasteiger partial charge is 0.481 e. The fourth-order valence-electron chi connectivity index (χ4n) is 2.96. The lowest BCUT2D eigenvalue weighted by Gasteiger charge is -2.20. The Morgan fingerprint density at radius 2 is 1.91 bits per heavy atom. The molecular weight excluding hydrogens is 280 g/mol. The van der Waals surface area contributed by atoms with Crippen molar-refractivity contribution in [1.82, 2.24) is 4.90 Å². The van der Waals surface area contributed by atoms with Crippen molar-refractivity contribution < 1.29 is 14.7 Å². The quantitative estimate of drug-likeness (QED) is 0.907. The van der Waals surface area contributed by atoms with E-state index in [2.05, 4.69) is 11.8 Å². The summed E-state index contributed by atoms with van der Waals surface area (Å²) in [4.78, 5) is 27.4. The summed E-state index contributed by atoms with van der Waals surface area (Å²) in [6.07, 6.45) is 1.07. The highest BCUT2D eigenvalue weighted by Gasteiger charge is 2.37. The molecule has 5 heteroatoms. The summed E-state index contributed by atoms with van der Waals surface area (Å²) in [5.41, 5.74) is 1.70. The zero-order chi connectivity index (χ0) is 16.3. The topological polar surface area (TPSA) is 60.9 Å². The first-order valence-electron chi connectivity index (χ1n) is 7.77. The molecule has 1 aliphatic heterocycles. The van der Waals surface area contributed by atoms with E-state index in [0.29, 0.717) is 18.7 Å². The Balaban J connectivity index is 2.06. The SMILES string of the molecule is CCCN(C)c1ccc(C(=O)N2C[C@@H](C)[C@H](C(=O)O)C2)cc1. The number of benzene rings is 1. The van der Waals surface area contributed by atoms with Crippen LogP contribution >= 0.6 is 0 Å². The van der Waals surface area contributed by atoms with Crippen LogP contribution in [0.15, 0.2) is 24.3 Å². The van der Waals surface area contributed by atoms with Crippen LogP contribution in [0.3, 0.4) is 0 Å². The maximum absolute atomic E-state index is 12.5. The van der Waals surface area contributed by atoms with E-state index in [-0.39, 0.29) is 11.8 Å². The molecule has 1 fully saturated rings. The molecular formula is C17H24N2O3. The number of anilines is 1. The fraction of sp³-hybridized carbons (Fsp3) is 0.529. The second-order valence-corrected chi connectivity index (χ2v) is 6.10. The van der Waals surface area contributed by atoms with E-state index >= 15 is 0 Å². The number of carbonyl (C=O) groups is 2. The van der Waals surface area contributed by atoms with Gasteiger partial charge >= 0.3 is 5.97 Å². The molecule has 1 amide bonds. The van der Waals surface area contributed by atoms with Gasteiger partial charge in [-0.1, -0.05) is 13.8 Å². The number of likely N-dealkylation sites (tertiary alicyclic amines) is 1. The average molecular weight is 304 g/mol. The smallest absolute Gasteiger partial charge is 0.308 e. The first-order chi connectivity index (χ1) is 10.4. The van der Waals surface area contributed by atoms with Crippen LogP contribution in [0, 0.1) is 11.8 Å². The van der Waals surface area contributed by atoms with E-state index in [9.17, 15) is 9.59 Å². The van der Waals surface area contributed by atoms with Crippen LogP contribution in [0.2, 0.25) is 0 Å². The molecule has 0 saturated carbocycles. The van der Waals surface area contributed by atoms with Gasteiger partial charge in [0.05, 0.1) is 5.92 Å². The van der Waals surface area contributed by atoms with Crippen LogP contribution in [0.4, 0.5) is 5.69 Å². The van der Waals surface area contributed by atoms with Crippen molar-refractivity contribution in [3.05, 3.63) is 29.8 Å². The van der Waals surface area contributed by atoms with Crippen LogP contribution in [-0.4, -0.2) is 48.6 Å². The number of amides is 1. The van der Waals surface area contributed by atoms with Crippen LogP contribution in [-0.2, 0) is 4.79 Å². The number of aliphatic carboxylic acids is 1. The van der Waals surface area contributed by atoms with Crippen molar-refractivity contribution in [3.63, 3.8) is 0 Å². The third kappa shape index (κ3) is 3.40. The van der Waals surface area contributed by atoms with Crippen molar-refractivity contribution in [2.24, 2.45) is 11.8 Å². The molecule has 2 atom stereocenters. The minimum atomic E-state index is -0.820. The van der Waals surface area contributed by atoms with Gasteiger partial charge in [0.15, 0.2) is 0 Å². The van der Waals surface area contributed by atoms with Gasteiger partial charge in [-0.25, -0.2) is 0 Å². The minimum Gasteiger partial charge on any atom is -0.481 e. The van der Waals surface area contributed by atoms with Crippen molar-refractivity contribution in [2.45, 2.75) is 20.3 Å². The van der Waals surface area contributed by atoms with Gasteiger partial charge in [-0.2, -0.15) is 0 Å². The Labute approximate surface area is 131 Å². The molecule has 1 aromatic carbocycles. The highest BCUT2D eigenvalue weighted by molar-refractivity contribution is 5.95. The molecule has 5 nitrogen and oxygen atoms in total. The van der Waals surface area contributed by atoms with Crippen molar-refractivity contribution in [2.75, 3.05) is 31.6 Å². The molecule has 0 radical (unpaired) electrons. The zero-order valence-electron chi connectivity index (χ0n) is 13.5. The lowest BCUT2D eigenvalue weighted by atomic mass is 9.99. The second kappa shape index (κ2) is 6.81. The van der Waals surface area contributed by atoms with E-state index < -0.39 is 11.9 Å². The standard InChI is InChI=1S/C17H24N2O3/c1-4-9-18(3)14-7-5-13(6-8-14)16(20)19-10-12(2)15(11-19)17(21)22/h5-8,12,15H,4,9-11H2,1-3H3,(H,21,22)/t12-,15-/m1/s1. The number of nitrogens with zero attached hydrogens (tertiary/aromatic N) is 2. The first-order valence-corrected chi connectivity index (χ1v) is 7.77. The summed E-state index contributed by atoms with van der Waals surface area (Å²) in [5.74, 6) is -1.37. The van der Waals surface area contributed by atoms with Crippen LogP contribution < -0.4 is 4.90 Å². The van der Waals surface area contributed by atoms with Gasteiger partial charge in [0.25, 0.3) is 5.91 Å². The van der Waals surface area contributed by atoms with Gasteiger partial charge in [0, 0.05) is 37.9 Å². The normalized spacial score (nSPS) is 21.0. The maximum Gasteiger partial charge on any atom is 0.308 e. The fourth-order valence-corrected chi connectivity index (χ4v) is 2.96. The van der Waals surface area contributed by atoms with Crippen molar-refractivity contribution in [3.8, 4) is 0 Å². The maximum atomic E-state index is 12.5. The number of hydrogen-bond acceptors (Lipinski definition) is 3. The molecule has 2 rings (SSSR count). The summed E-state index contributed by atoms with van der Waals surface area (Å²) < 4.78 is 0.